The first-order valence-electron chi connectivity index (χ1n) is 6.89. The van der Waals surface area contributed by atoms with Gasteiger partial charge in [0.2, 0.25) is 0 Å². The average molecular weight is 294 g/mol. The average Bonchev–Trinajstić information content (AvgIpc) is 2.43. The summed E-state index contributed by atoms with van der Waals surface area (Å²) in [6.45, 7) is 4.55. The molecule has 1 saturated heterocycles. The number of ether oxygens (including phenoxy) is 3. The number of hydrogen-bond donors (Lipinski definition) is 2. The summed E-state index contributed by atoms with van der Waals surface area (Å²) >= 11 is 1.85. The first-order valence-corrected chi connectivity index (χ1v) is 8.04. The molecule has 1 aliphatic heterocycles. The number of rotatable bonds is 8. The van der Waals surface area contributed by atoms with Crippen LogP contribution in [0.25, 0.3) is 0 Å². The van der Waals surface area contributed by atoms with Crippen molar-refractivity contribution >= 4 is 11.8 Å². The molecule has 19 heavy (non-hydrogen) atoms. The molecule has 0 saturated carbocycles. The molecule has 0 bridgehead atoms. The number of aliphatic hydroxyl groups is 2. The molecule has 0 spiro atoms. The normalized spacial score (nSPS) is 35.5. The third kappa shape index (κ3) is 4.88. The van der Waals surface area contributed by atoms with E-state index in [0.29, 0.717) is 13.0 Å². The van der Waals surface area contributed by atoms with Gasteiger partial charge in [0.25, 0.3) is 0 Å². The SMILES string of the molecule is CCSCCCOC1[C@@H](OC)OC(CC)[C@@H](O)[C@@H]1O. The van der Waals surface area contributed by atoms with Crippen LogP contribution in [-0.2, 0) is 14.2 Å². The van der Waals surface area contributed by atoms with Gasteiger partial charge in [-0.1, -0.05) is 13.8 Å². The first-order chi connectivity index (χ1) is 9.15. The van der Waals surface area contributed by atoms with E-state index in [1.807, 2.05) is 18.7 Å². The largest absolute Gasteiger partial charge is 0.388 e. The lowest BCUT2D eigenvalue weighted by Gasteiger charge is -2.41. The van der Waals surface area contributed by atoms with Crippen molar-refractivity contribution in [3.8, 4) is 0 Å². The van der Waals surface area contributed by atoms with Crippen molar-refractivity contribution < 1.29 is 24.4 Å². The molecule has 114 valence electrons. The van der Waals surface area contributed by atoms with Gasteiger partial charge in [-0.2, -0.15) is 11.8 Å². The fourth-order valence-corrected chi connectivity index (χ4v) is 2.75. The molecule has 0 aromatic carbocycles. The van der Waals surface area contributed by atoms with Gasteiger partial charge in [0, 0.05) is 13.7 Å². The molecule has 0 amide bonds. The van der Waals surface area contributed by atoms with Crippen LogP contribution in [0.2, 0.25) is 0 Å². The highest BCUT2D eigenvalue weighted by Crippen LogP contribution is 2.25. The lowest BCUT2D eigenvalue weighted by atomic mass is 9.97. The Kier molecular flexibility index (Phi) is 8.29. The summed E-state index contributed by atoms with van der Waals surface area (Å²) < 4.78 is 16.4. The third-order valence-electron chi connectivity index (χ3n) is 3.23. The van der Waals surface area contributed by atoms with Crippen LogP contribution in [0.4, 0.5) is 0 Å². The van der Waals surface area contributed by atoms with Crippen LogP contribution in [0.15, 0.2) is 0 Å². The fourth-order valence-electron chi connectivity index (χ4n) is 2.13. The van der Waals surface area contributed by atoms with E-state index >= 15 is 0 Å². The highest BCUT2D eigenvalue weighted by molar-refractivity contribution is 7.99. The molecule has 0 radical (unpaired) electrons. The van der Waals surface area contributed by atoms with Gasteiger partial charge < -0.3 is 24.4 Å². The molecule has 0 aromatic heterocycles. The van der Waals surface area contributed by atoms with Crippen molar-refractivity contribution in [2.45, 2.75) is 57.4 Å². The van der Waals surface area contributed by atoms with Gasteiger partial charge in [0.15, 0.2) is 6.29 Å². The molecule has 1 aliphatic rings. The van der Waals surface area contributed by atoms with E-state index in [1.165, 1.54) is 7.11 Å². The lowest BCUT2D eigenvalue weighted by Crippen LogP contribution is -2.58. The van der Waals surface area contributed by atoms with Crippen LogP contribution in [-0.4, -0.2) is 66.1 Å². The smallest absolute Gasteiger partial charge is 0.186 e. The third-order valence-corrected chi connectivity index (χ3v) is 4.21. The first kappa shape index (κ1) is 17.2. The number of hydrogen-bond acceptors (Lipinski definition) is 6. The Morgan fingerprint density at radius 3 is 2.53 bits per heavy atom. The van der Waals surface area contributed by atoms with Gasteiger partial charge in [0.1, 0.15) is 18.3 Å². The summed E-state index contributed by atoms with van der Waals surface area (Å²) in [6, 6.07) is 0. The quantitative estimate of drug-likeness (QED) is 0.652. The number of thioether (sulfide) groups is 1. The predicted octanol–water partition coefficient (Wildman–Crippen LogP) is 1.02. The summed E-state index contributed by atoms with van der Waals surface area (Å²) in [6.07, 6.45) is -2.02. The molecule has 0 aliphatic carbocycles. The minimum absolute atomic E-state index is 0.407. The van der Waals surface area contributed by atoms with Crippen LogP contribution in [0.3, 0.4) is 0 Å². The van der Waals surface area contributed by atoms with Gasteiger partial charge in [0.05, 0.1) is 6.10 Å². The number of methoxy groups -OCH3 is 1. The molecule has 2 unspecified atom stereocenters. The molecule has 2 N–H and O–H groups in total. The zero-order valence-corrected chi connectivity index (χ0v) is 12.8. The molecular formula is C13H26O5S. The van der Waals surface area contributed by atoms with Crippen molar-refractivity contribution in [1.29, 1.82) is 0 Å². The molecule has 5 nitrogen and oxygen atoms in total. The summed E-state index contributed by atoms with van der Waals surface area (Å²) in [5.41, 5.74) is 0. The van der Waals surface area contributed by atoms with E-state index in [9.17, 15) is 10.2 Å². The maximum Gasteiger partial charge on any atom is 0.186 e. The lowest BCUT2D eigenvalue weighted by molar-refractivity contribution is -0.299. The van der Waals surface area contributed by atoms with Crippen molar-refractivity contribution in [2.24, 2.45) is 0 Å². The van der Waals surface area contributed by atoms with E-state index in [-0.39, 0.29) is 0 Å². The van der Waals surface area contributed by atoms with E-state index in [2.05, 4.69) is 6.92 Å². The monoisotopic (exact) mass is 294 g/mol. The van der Waals surface area contributed by atoms with E-state index in [0.717, 1.165) is 17.9 Å². The molecular weight excluding hydrogens is 268 g/mol. The van der Waals surface area contributed by atoms with Gasteiger partial charge in [-0.05, 0) is 24.3 Å². The van der Waals surface area contributed by atoms with Crippen LogP contribution in [0.1, 0.15) is 26.7 Å². The minimum Gasteiger partial charge on any atom is -0.388 e. The Labute approximate surface area is 119 Å². The minimum atomic E-state index is -0.970. The van der Waals surface area contributed by atoms with E-state index < -0.39 is 30.7 Å². The highest BCUT2D eigenvalue weighted by atomic mass is 32.2. The Morgan fingerprint density at radius 2 is 1.95 bits per heavy atom. The topological polar surface area (TPSA) is 68.2 Å². The molecule has 6 heteroatoms. The van der Waals surface area contributed by atoms with E-state index in [1.54, 1.807) is 0 Å². The second kappa shape index (κ2) is 9.15. The highest BCUT2D eigenvalue weighted by Gasteiger charge is 2.44. The van der Waals surface area contributed by atoms with Crippen LogP contribution in [0.5, 0.6) is 0 Å². The van der Waals surface area contributed by atoms with Crippen molar-refractivity contribution in [3.05, 3.63) is 0 Å². The van der Waals surface area contributed by atoms with Gasteiger partial charge in [-0.3, -0.25) is 0 Å². The van der Waals surface area contributed by atoms with Crippen LogP contribution < -0.4 is 0 Å². The summed E-state index contributed by atoms with van der Waals surface area (Å²) in [4.78, 5) is 0. The van der Waals surface area contributed by atoms with Gasteiger partial charge in [-0.25, -0.2) is 0 Å². The van der Waals surface area contributed by atoms with E-state index in [4.69, 9.17) is 14.2 Å². The number of aliphatic hydroxyl groups excluding tert-OH is 2. The maximum absolute atomic E-state index is 10.1. The van der Waals surface area contributed by atoms with Crippen LogP contribution >= 0.6 is 11.8 Å². The molecule has 5 atom stereocenters. The Hall–Kier alpha value is 0.150. The van der Waals surface area contributed by atoms with Crippen molar-refractivity contribution in [1.82, 2.24) is 0 Å². The Bertz CT molecular complexity index is 239. The second-order valence-corrected chi connectivity index (χ2v) is 5.95. The molecule has 1 rings (SSSR count). The zero-order chi connectivity index (χ0) is 14.3. The molecule has 0 aromatic rings. The molecule has 1 heterocycles. The zero-order valence-electron chi connectivity index (χ0n) is 11.9. The second-order valence-electron chi connectivity index (χ2n) is 4.55. The standard InChI is InChI=1S/C13H26O5S/c1-4-9-10(14)11(15)12(13(16-3)18-9)17-7-6-8-19-5-2/h9-15H,4-8H2,1-3H3/t9?,10-,11+,12?,13+/m1/s1. The molecule has 1 fully saturated rings. The van der Waals surface area contributed by atoms with Gasteiger partial charge >= 0.3 is 0 Å². The van der Waals surface area contributed by atoms with Crippen molar-refractivity contribution in [2.75, 3.05) is 25.2 Å². The maximum atomic E-state index is 10.1. The summed E-state index contributed by atoms with van der Waals surface area (Å²) in [7, 11) is 1.52. The van der Waals surface area contributed by atoms with Crippen molar-refractivity contribution in [3.63, 3.8) is 0 Å². The Morgan fingerprint density at radius 1 is 1.21 bits per heavy atom. The summed E-state index contributed by atoms with van der Waals surface area (Å²) in [5.74, 6) is 2.12. The summed E-state index contributed by atoms with van der Waals surface area (Å²) in [5, 5.41) is 20.1. The van der Waals surface area contributed by atoms with Gasteiger partial charge in [-0.15, -0.1) is 0 Å². The fraction of sp³-hybridized carbons (Fsp3) is 1.00. The Balaban J connectivity index is 2.44. The predicted molar refractivity (Wildman–Crippen MR) is 75.3 cm³/mol. The van der Waals surface area contributed by atoms with Crippen LogP contribution in [0, 0.1) is 0 Å².